The fourth-order valence-corrected chi connectivity index (χ4v) is 1.99. The van der Waals surface area contributed by atoms with Crippen LogP contribution in [0.15, 0.2) is 18.2 Å². The van der Waals surface area contributed by atoms with Gasteiger partial charge in [0, 0.05) is 37.0 Å². The Balaban J connectivity index is 2.79. The molecular weight excluding hydrogens is 236 g/mol. The van der Waals surface area contributed by atoms with Crippen molar-refractivity contribution in [3.8, 4) is 0 Å². The standard InChI is InChI=1S/C13H21ClN2O/c1-3-16(7-8-17-4-2)13-6-5-12(14)9-11(13)10-15/h5-6,9H,3-4,7-8,10,15H2,1-2H3. The molecule has 0 aliphatic heterocycles. The molecular formula is C13H21ClN2O. The van der Waals surface area contributed by atoms with Crippen LogP contribution in [-0.4, -0.2) is 26.3 Å². The molecule has 2 N–H and O–H groups in total. The summed E-state index contributed by atoms with van der Waals surface area (Å²) in [6.07, 6.45) is 0. The zero-order chi connectivity index (χ0) is 12.7. The summed E-state index contributed by atoms with van der Waals surface area (Å²) in [5, 5.41) is 0.732. The maximum atomic E-state index is 5.97. The Labute approximate surface area is 109 Å². The van der Waals surface area contributed by atoms with Crippen molar-refractivity contribution >= 4 is 17.3 Å². The molecule has 96 valence electrons. The first kappa shape index (κ1) is 14.3. The Morgan fingerprint density at radius 3 is 2.71 bits per heavy atom. The van der Waals surface area contributed by atoms with Gasteiger partial charge in [-0.25, -0.2) is 0 Å². The van der Waals surface area contributed by atoms with E-state index in [2.05, 4.69) is 11.8 Å². The summed E-state index contributed by atoms with van der Waals surface area (Å²) in [5.74, 6) is 0. The second-order valence-electron chi connectivity index (χ2n) is 3.75. The number of hydrogen-bond donors (Lipinski definition) is 1. The van der Waals surface area contributed by atoms with E-state index in [-0.39, 0.29) is 0 Å². The molecule has 0 fully saturated rings. The summed E-state index contributed by atoms with van der Waals surface area (Å²) in [4.78, 5) is 2.26. The molecule has 0 bridgehead atoms. The van der Waals surface area contributed by atoms with Gasteiger partial charge in [0.05, 0.1) is 6.61 Å². The lowest BCUT2D eigenvalue weighted by Gasteiger charge is -2.25. The normalized spacial score (nSPS) is 10.6. The highest BCUT2D eigenvalue weighted by molar-refractivity contribution is 6.30. The lowest BCUT2D eigenvalue weighted by atomic mass is 10.1. The van der Waals surface area contributed by atoms with Gasteiger partial charge in [0.1, 0.15) is 0 Å². The van der Waals surface area contributed by atoms with Crippen LogP contribution < -0.4 is 10.6 Å². The lowest BCUT2D eigenvalue weighted by Crippen LogP contribution is -2.28. The summed E-state index contributed by atoms with van der Waals surface area (Å²) in [6.45, 7) is 7.92. The van der Waals surface area contributed by atoms with Crippen LogP contribution >= 0.6 is 11.6 Å². The zero-order valence-electron chi connectivity index (χ0n) is 10.6. The van der Waals surface area contributed by atoms with Gasteiger partial charge in [0.25, 0.3) is 0 Å². The highest BCUT2D eigenvalue weighted by Crippen LogP contribution is 2.23. The Hall–Kier alpha value is -0.770. The summed E-state index contributed by atoms with van der Waals surface area (Å²) in [6, 6.07) is 5.86. The fourth-order valence-electron chi connectivity index (χ4n) is 1.79. The summed E-state index contributed by atoms with van der Waals surface area (Å²) >= 11 is 5.97. The number of benzene rings is 1. The Morgan fingerprint density at radius 2 is 2.12 bits per heavy atom. The average Bonchev–Trinajstić information content (AvgIpc) is 2.35. The minimum absolute atomic E-state index is 0.501. The number of nitrogens with zero attached hydrogens (tertiary/aromatic N) is 1. The van der Waals surface area contributed by atoms with Crippen LogP contribution in [0.5, 0.6) is 0 Å². The molecule has 0 saturated carbocycles. The third kappa shape index (κ3) is 4.19. The molecule has 3 nitrogen and oxygen atoms in total. The van der Waals surface area contributed by atoms with Crippen molar-refractivity contribution in [1.82, 2.24) is 0 Å². The largest absolute Gasteiger partial charge is 0.380 e. The Morgan fingerprint density at radius 1 is 1.35 bits per heavy atom. The van der Waals surface area contributed by atoms with Crippen molar-refractivity contribution in [2.45, 2.75) is 20.4 Å². The smallest absolute Gasteiger partial charge is 0.0641 e. The number of hydrogen-bond acceptors (Lipinski definition) is 3. The number of likely N-dealkylation sites (N-methyl/N-ethyl adjacent to an activating group) is 1. The first-order chi connectivity index (χ1) is 8.22. The molecule has 0 aliphatic carbocycles. The maximum absolute atomic E-state index is 5.97. The molecule has 0 saturated heterocycles. The SMILES string of the molecule is CCOCCN(CC)c1ccc(Cl)cc1CN. The van der Waals surface area contributed by atoms with Crippen molar-refractivity contribution in [1.29, 1.82) is 0 Å². The third-order valence-corrected chi connectivity index (χ3v) is 2.93. The highest BCUT2D eigenvalue weighted by Gasteiger charge is 2.09. The van der Waals surface area contributed by atoms with E-state index in [1.807, 2.05) is 25.1 Å². The molecule has 0 unspecified atom stereocenters. The van der Waals surface area contributed by atoms with Crippen LogP contribution in [-0.2, 0) is 11.3 Å². The van der Waals surface area contributed by atoms with Crippen LogP contribution in [0.25, 0.3) is 0 Å². The number of halogens is 1. The number of rotatable bonds is 7. The molecule has 0 aromatic heterocycles. The van der Waals surface area contributed by atoms with E-state index in [9.17, 15) is 0 Å². The number of nitrogens with two attached hydrogens (primary N) is 1. The Kier molecular flexibility index (Phi) is 6.34. The quantitative estimate of drug-likeness (QED) is 0.763. The lowest BCUT2D eigenvalue weighted by molar-refractivity contribution is 0.154. The van der Waals surface area contributed by atoms with Gasteiger partial charge in [-0.15, -0.1) is 0 Å². The average molecular weight is 257 g/mol. The predicted molar refractivity (Wildman–Crippen MR) is 73.7 cm³/mol. The van der Waals surface area contributed by atoms with Gasteiger partial charge in [-0.1, -0.05) is 11.6 Å². The van der Waals surface area contributed by atoms with Crippen LogP contribution in [0.4, 0.5) is 5.69 Å². The van der Waals surface area contributed by atoms with Gasteiger partial charge in [0.2, 0.25) is 0 Å². The minimum Gasteiger partial charge on any atom is -0.380 e. The van der Waals surface area contributed by atoms with Crippen LogP contribution in [0.2, 0.25) is 5.02 Å². The van der Waals surface area contributed by atoms with E-state index in [4.69, 9.17) is 22.1 Å². The van der Waals surface area contributed by atoms with Crippen molar-refractivity contribution < 1.29 is 4.74 Å². The molecule has 0 atom stereocenters. The summed E-state index contributed by atoms with van der Waals surface area (Å²) in [5.41, 5.74) is 7.98. The van der Waals surface area contributed by atoms with Gasteiger partial charge in [-0.3, -0.25) is 0 Å². The van der Waals surface area contributed by atoms with Gasteiger partial charge in [0.15, 0.2) is 0 Å². The Bertz CT molecular complexity index is 344. The monoisotopic (exact) mass is 256 g/mol. The molecule has 17 heavy (non-hydrogen) atoms. The molecule has 1 rings (SSSR count). The van der Waals surface area contributed by atoms with E-state index >= 15 is 0 Å². The minimum atomic E-state index is 0.501. The molecule has 0 spiro atoms. The summed E-state index contributed by atoms with van der Waals surface area (Å²) in [7, 11) is 0. The molecule has 4 heteroatoms. The van der Waals surface area contributed by atoms with E-state index < -0.39 is 0 Å². The molecule has 0 amide bonds. The topological polar surface area (TPSA) is 38.5 Å². The van der Waals surface area contributed by atoms with Gasteiger partial charge in [-0.2, -0.15) is 0 Å². The first-order valence-corrected chi connectivity index (χ1v) is 6.41. The fraction of sp³-hybridized carbons (Fsp3) is 0.538. The third-order valence-electron chi connectivity index (χ3n) is 2.69. The van der Waals surface area contributed by atoms with E-state index in [0.717, 1.165) is 42.6 Å². The predicted octanol–water partition coefficient (Wildman–Crippen LogP) is 2.66. The van der Waals surface area contributed by atoms with Crippen LogP contribution in [0, 0.1) is 0 Å². The van der Waals surface area contributed by atoms with Crippen LogP contribution in [0.3, 0.4) is 0 Å². The number of ether oxygens (including phenoxy) is 1. The van der Waals surface area contributed by atoms with E-state index in [1.165, 1.54) is 0 Å². The highest BCUT2D eigenvalue weighted by atomic mass is 35.5. The summed E-state index contributed by atoms with van der Waals surface area (Å²) < 4.78 is 5.39. The van der Waals surface area contributed by atoms with Gasteiger partial charge >= 0.3 is 0 Å². The van der Waals surface area contributed by atoms with Crippen molar-refractivity contribution in [3.63, 3.8) is 0 Å². The van der Waals surface area contributed by atoms with Crippen molar-refractivity contribution in [2.75, 3.05) is 31.2 Å². The van der Waals surface area contributed by atoms with E-state index in [0.29, 0.717) is 6.54 Å². The molecule has 1 aromatic carbocycles. The zero-order valence-corrected chi connectivity index (χ0v) is 11.3. The van der Waals surface area contributed by atoms with Gasteiger partial charge < -0.3 is 15.4 Å². The van der Waals surface area contributed by atoms with Crippen molar-refractivity contribution in [2.24, 2.45) is 5.73 Å². The van der Waals surface area contributed by atoms with Crippen LogP contribution in [0.1, 0.15) is 19.4 Å². The van der Waals surface area contributed by atoms with Gasteiger partial charge in [-0.05, 0) is 37.6 Å². The van der Waals surface area contributed by atoms with E-state index in [1.54, 1.807) is 0 Å². The molecule has 1 aromatic rings. The second-order valence-corrected chi connectivity index (χ2v) is 4.19. The molecule has 0 aliphatic rings. The number of anilines is 1. The first-order valence-electron chi connectivity index (χ1n) is 6.04. The second kappa shape index (κ2) is 7.54. The van der Waals surface area contributed by atoms with Crippen molar-refractivity contribution in [3.05, 3.63) is 28.8 Å². The molecule has 0 radical (unpaired) electrons. The molecule has 0 heterocycles. The maximum Gasteiger partial charge on any atom is 0.0641 e.